The molecular formula is C29H37ClFN3O2. The normalized spacial score (nSPS) is 21.9. The monoisotopic (exact) mass is 513 g/mol. The molecule has 5 nitrogen and oxygen atoms in total. The van der Waals surface area contributed by atoms with Crippen LogP contribution in [0.4, 0.5) is 4.39 Å². The maximum atomic E-state index is 13.5. The van der Waals surface area contributed by atoms with Crippen LogP contribution in [0.1, 0.15) is 63.0 Å². The number of rotatable bonds is 8. The Labute approximate surface area is 219 Å². The summed E-state index contributed by atoms with van der Waals surface area (Å²) in [5, 5.41) is 3.78. The predicted molar refractivity (Wildman–Crippen MR) is 141 cm³/mol. The van der Waals surface area contributed by atoms with E-state index in [0.717, 1.165) is 49.9 Å². The largest absolute Gasteiger partial charge is 0.355 e. The summed E-state index contributed by atoms with van der Waals surface area (Å²) in [5.41, 5.74) is 2.08. The van der Waals surface area contributed by atoms with Crippen molar-refractivity contribution in [1.82, 2.24) is 15.1 Å². The topological polar surface area (TPSA) is 52.6 Å². The molecule has 2 aromatic carbocycles. The van der Waals surface area contributed by atoms with Crippen molar-refractivity contribution in [2.24, 2.45) is 5.92 Å². The van der Waals surface area contributed by atoms with Crippen molar-refractivity contribution in [1.29, 1.82) is 0 Å². The summed E-state index contributed by atoms with van der Waals surface area (Å²) in [6.07, 6.45) is 4.46. The summed E-state index contributed by atoms with van der Waals surface area (Å²) in [6, 6.07) is 14.5. The molecule has 1 N–H and O–H groups in total. The summed E-state index contributed by atoms with van der Waals surface area (Å²) in [4.78, 5) is 30.5. The Kier molecular flexibility index (Phi) is 9.02. The minimum atomic E-state index is -0.231. The zero-order valence-electron chi connectivity index (χ0n) is 21.3. The number of carbonyl (C=O) groups is 2. The van der Waals surface area contributed by atoms with Gasteiger partial charge in [0.25, 0.3) is 0 Å². The van der Waals surface area contributed by atoms with Gasteiger partial charge < -0.3 is 10.2 Å². The van der Waals surface area contributed by atoms with Gasteiger partial charge >= 0.3 is 0 Å². The van der Waals surface area contributed by atoms with Crippen molar-refractivity contribution in [3.8, 4) is 0 Å². The van der Waals surface area contributed by atoms with Crippen molar-refractivity contribution >= 4 is 23.4 Å². The molecule has 0 spiro atoms. The number of hydrogen-bond donors (Lipinski definition) is 1. The SMILES string of the molecule is C[C@@H]1CN(Cc2ccc(F)cc2)[C@@H](C)CN1C(=O)CC(CNC(=O)C1CCCC1)c1ccc(Cl)cc1. The van der Waals surface area contributed by atoms with Crippen molar-refractivity contribution in [3.63, 3.8) is 0 Å². The molecule has 4 rings (SSSR count). The zero-order chi connectivity index (χ0) is 25.7. The van der Waals surface area contributed by atoms with Gasteiger partial charge in [-0.05, 0) is 62.1 Å². The van der Waals surface area contributed by atoms with Gasteiger partial charge in [0.15, 0.2) is 0 Å². The molecule has 2 fully saturated rings. The molecule has 1 aliphatic carbocycles. The van der Waals surface area contributed by atoms with Crippen LogP contribution in [0.15, 0.2) is 48.5 Å². The van der Waals surface area contributed by atoms with Gasteiger partial charge in [-0.25, -0.2) is 4.39 Å². The molecule has 1 saturated carbocycles. The molecule has 2 amide bonds. The molecule has 0 bridgehead atoms. The lowest BCUT2D eigenvalue weighted by Crippen LogP contribution is -2.57. The van der Waals surface area contributed by atoms with E-state index in [9.17, 15) is 14.0 Å². The van der Waals surface area contributed by atoms with Gasteiger partial charge in [0, 0.05) is 61.5 Å². The summed E-state index contributed by atoms with van der Waals surface area (Å²) in [6.45, 7) is 6.79. The molecule has 36 heavy (non-hydrogen) atoms. The van der Waals surface area contributed by atoms with Crippen LogP contribution in [-0.4, -0.2) is 53.3 Å². The highest BCUT2D eigenvalue weighted by Gasteiger charge is 2.33. The van der Waals surface area contributed by atoms with Crippen LogP contribution in [0.5, 0.6) is 0 Å². The first-order valence-corrected chi connectivity index (χ1v) is 13.5. The second-order valence-corrected chi connectivity index (χ2v) is 10.9. The van der Waals surface area contributed by atoms with Gasteiger partial charge in [-0.3, -0.25) is 14.5 Å². The lowest BCUT2D eigenvalue weighted by Gasteiger charge is -2.44. The number of piperazine rings is 1. The molecule has 2 aliphatic rings. The van der Waals surface area contributed by atoms with Crippen molar-refractivity contribution in [2.75, 3.05) is 19.6 Å². The van der Waals surface area contributed by atoms with E-state index in [1.165, 1.54) is 12.1 Å². The fraction of sp³-hybridized carbons (Fsp3) is 0.517. The van der Waals surface area contributed by atoms with Gasteiger partial charge in [0.1, 0.15) is 5.82 Å². The Morgan fingerprint density at radius 1 is 1.00 bits per heavy atom. The average Bonchev–Trinajstić information content (AvgIpc) is 3.41. The molecule has 7 heteroatoms. The number of carbonyl (C=O) groups excluding carboxylic acids is 2. The van der Waals surface area contributed by atoms with Crippen LogP contribution in [0.2, 0.25) is 5.02 Å². The molecular weight excluding hydrogens is 477 g/mol. The minimum Gasteiger partial charge on any atom is -0.355 e. The van der Waals surface area contributed by atoms with Crippen LogP contribution in [0.3, 0.4) is 0 Å². The molecule has 3 atom stereocenters. The van der Waals surface area contributed by atoms with Crippen molar-refractivity contribution < 1.29 is 14.0 Å². The van der Waals surface area contributed by atoms with Crippen LogP contribution < -0.4 is 5.32 Å². The van der Waals surface area contributed by atoms with E-state index in [-0.39, 0.29) is 41.6 Å². The minimum absolute atomic E-state index is 0.0631. The van der Waals surface area contributed by atoms with E-state index in [0.29, 0.717) is 24.5 Å². The van der Waals surface area contributed by atoms with E-state index in [2.05, 4.69) is 24.1 Å². The third-order valence-electron chi connectivity index (χ3n) is 7.75. The summed E-state index contributed by atoms with van der Waals surface area (Å²) >= 11 is 6.10. The number of nitrogens with one attached hydrogen (secondary N) is 1. The highest BCUT2D eigenvalue weighted by molar-refractivity contribution is 6.30. The zero-order valence-corrected chi connectivity index (χ0v) is 22.0. The molecule has 194 valence electrons. The van der Waals surface area contributed by atoms with E-state index in [1.807, 2.05) is 41.3 Å². The van der Waals surface area contributed by atoms with Crippen LogP contribution >= 0.6 is 11.6 Å². The Morgan fingerprint density at radius 3 is 2.33 bits per heavy atom. The van der Waals surface area contributed by atoms with Crippen molar-refractivity contribution in [2.45, 2.75) is 70.5 Å². The highest BCUT2D eigenvalue weighted by Crippen LogP contribution is 2.27. The quantitative estimate of drug-likeness (QED) is 0.515. The Balaban J connectivity index is 1.39. The molecule has 1 heterocycles. The lowest BCUT2D eigenvalue weighted by atomic mass is 9.93. The van der Waals surface area contributed by atoms with Gasteiger partial charge in [-0.2, -0.15) is 0 Å². The van der Waals surface area contributed by atoms with Gasteiger partial charge in [-0.15, -0.1) is 0 Å². The maximum absolute atomic E-state index is 13.5. The van der Waals surface area contributed by atoms with E-state index >= 15 is 0 Å². The number of hydrogen-bond acceptors (Lipinski definition) is 3. The van der Waals surface area contributed by atoms with E-state index < -0.39 is 0 Å². The summed E-state index contributed by atoms with van der Waals surface area (Å²) in [5.74, 6) is -0.0343. The molecule has 2 aromatic rings. The Hall–Kier alpha value is -2.44. The average molecular weight is 514 g/mol. The molecule has 1 saturated heterocycles. The molecule has 0 radical (unpaired) electrons. The third-order valence-corrected chi connectivity index (χ3v) is 8.00. The molecule has 1 aliphatic heterocycles. The Morgan fingerprint density at radius 2 is 1.67 bits per heavy atom. The number of halogens is 2. The Bertz CT molecular complexity index is 1020. The second-order valence-electron chi connectivity index (χ2n) is 10.5. The highest BCUT2D eigenvalue weighted by atomic mass is 35.5. The predicted octanol–water partition coefficient (Wildman–Crippen LogP) is 5.38. The van der Waals surface area contributed by atoms with Gasteiger partial charge in [0.05, 0.1) is 0 Å². The van der Waals surface area contributed by atoms with Crippen LogP contribution in [-0.2, 0) is 16.1 Å². The third kappa shape index (κ3) is 6.86. The fourth-order valence-electron chi connectivity index (χ4n) is 5.52. The van der Waals surface area contributed by atoms with Crippen molar-refractivity contribution in [3.05, 3.63) is 70.5 Å². The first-order valence-electron chi connectivity index (χ1n) is 13.1. The standard InChI is InChI=1S/C29H37ClFN3O2/c1-20-18-34(21(2)17-33(20)19-22-7-13-27(31)14-8-22)28(35)15-25(23-9-11-26(30)12-10-23)16-32-29(36)24-5-3-4-6-24/h7-14,20-21,24-25H,3-6,15-19H2,1-2H3,(H,32,36)/t20-,21+,25?/m0/s1. The fourth-order valence-corrected chi connectivity index (χ4v) is 5.64. The number of amides is 2. The molecule has 1 unspecified atom stereocenters. The summed E-state index contributed by atoms with van der Waals surface area (Å²) < 4.78 is 13.3. The van der Waals surface area contributed by atoms with Crippen LogP contribution in [0.25, 0.3) is 0 Å². The van der Waals surface area contributed by atoms with Gasteiger partial charge in [-0.1, -0.05) is 48.7 Å². The van der Waals surface area contributed by atoms with Crippen LogP contribution in [0, 0.1) is 11.7 Å². The maximum Gasteiger partial charge on any atom is 0.223 e. The first-order chi connectivity index (χ1) is 17.3. The second kappa shape index (κ2) is 12.2. The molecule has 0 aromatic heterocycles. The van der Waals surface area contributed by atoms with Gasteiger partial charge in [0.2, 0.25) is 11.8 Å². The lowest BCUT2D eigenvalue weighted by molar-refractivity contribution is -0.138. The summed E-state index contributed by atoms with van der Waals surface area (Å²) in [7, 11) is 0. The number of nitrogens with zero attached hydrogens (tertiary/aromatic N) is 2. The first kappa shape index (κ1) is 26.6. The van der Waals surface area contributed by atoms with E-state index in [4.69, 9.17) is 11.6 Å². The number of benzene rings is 2. The van der Waals surface area contributed by atoms with E-state index in [1.54, 1.807) is 0 Å². The smallest absolute Gasteiger partial charge is 0.223 e.